The highest BCUT2D eigenvalue weighted by Crippen LogP contribution is 2.12. The van der Waals surface area contributed by atoms with Gasteiger partial charge >= 0.3 is 0 Å². The molecule has 122 valence electrons. The lowest BCUT2D eigenvalue weighted by Gasteiger charge is -2.32. The summed E-state index contributed by atoms with van der Waals surface area (Å²) >= 11 is 3.45. The number of nitrogens with one attached hydrogen (secondary N) is 1. The van der Waals surface area contributed by atoms with Gasteiger partial charge in [0.15, 0.2) is 0 Å². The van der Waals surface area contributed by atoms with Crippen LogP contribution in [0.25, 0.3) is 0 Å². The van der Waals surface area contributed by atoms with Gasteiger partial charge in [0, 0.05) is 43.6 Å². The molecule has 1 amide bonds. The van der Waals surface area contributed by atoms with E-state index in [9.17, 15) is 4.79 Å². The van der Waals surface area contributed by atoms with Crippen LogP contribution in [0.1, 0.15) is 18.4 Å². The van der Waals surface area contributed by atoms with Crippen molar-refractivity contribution >= 4 is 21.8 Å². The normalized spacial score (nSPS) is 16.6. The van der Waals surface area contributed by atoms with Gasteiger partial charge in [-0.2, -0.15) is 0 Å². The summed E-state index contributed by atoms with van der Waals surface area (Å²) in [6.07, 6.45) is 2.39. The van der Waals surface area contributed by atoms with Gasteiger partial charge in [0.05, 0.1) is 0 Å². The molecule has 0 radical (unpaired) electrons. The lowest BCUT2D eigenvalue weighted by molar-refractivity contribution is -0.121. The van der Waals surface area contributed by atoms with Gasteiger partial charge in [-0.05, 0) is 44.1 Å². The highest BCUT2D eigenvalue weighted by molar-refractivity contribution is 9.10. The van der Waals surface area contributed by atoms with Crippen molar-refractivity contribution in [2.45, 2.75) is 19.3 Å². The summed E-state index contributed by atoms with van der Waals surface area (Å²) in [6, 6.07) is 8.14. The van der Waals surface area contributed by atoms with Crippen LogP contribution in [-0.2, 0) is 11.2 Å². The Morgan fingerprint density at radius 3 is 2.77 bits per heavy atom. The molecule has 1 aliphatic heterocycles. The summed E-state index contributed by atoms with van der Waals surface area (Å²) in [7, 11) is 2.17. The van der Waals surface area contributed by atoms with E-state index in [0.717, 1.165) is 56.6 Å². The van der Waals surface area contributed by atoms with Crippen molar-refractivity contribution in [1.82, 2.24) is 15.1 Å². The number of benzene rings is 1. The van der Waals surface area contributed by atoms with Crippen LogP contribution in [0.5, 0.6) is 0 Å². The van der Waals surface area contributed by atoms with Gasteiger partial charge in [0.1, 0.15) is 0 Å². The molecule has 1 aromatic rings. The summed E-state index contributed by atoms with van der Waals surface area (Å²) in [5.74, 6) is 0.151. The molecular formula is C17H26BrN3O. The molecule has 5 heteroatoms. The molecule has 1 aliphatic rings. The number of halogens is 1. The van der Waals surface area contributed by atoms with Crippen LogP contribution in [0.4, 0.5) is 0 Å². The summed E-state index contributed by atoms with van der Waals surface area (Å²) in [6.45, 7) is 6.46. The van der Waals surface area contributed by atoms with Gasteiger partial charge in [-0.15, -0.1) is 0 Å². The molecular weight excluding hydrogens is 342 g/mol. The predicted octanol–water partition coefficient (Wildman–Crippen LogP) is 2.14. The summed E-state index contributed by atoms with van der Waals surface area (Å²) in [4.78, 5) is 16.7. The average molecular weight is 368 g/mol. The Morgan fingerprint density at radius 2 is 2.05 bits per heavy atom. The molecule has 0 saturated carbocycles. The molecule has 0 bridgehead atoms. The number of carbonyl (C=O) groups is 1. The maximum atomic E-state index is 11.9. The molecule has 22 heavy (non-hydrogen) atoms. The second-order valence-electron chi connectivity index (χ2n) is 5.98. The fourth-order valence-electron chi connectivity index (χ4n) is 2.64. The Labute approximate surface area is 142 Å². The molecule has 0 aromatic heterocycles. The van der Waals surface area contributed by atoms with Crippen LogP contribution in [0.15, 0.2) is 28.7 Å². The Hall–Kier alpha value is -0.910. The highest BCUT2D eigenvalue weighted by atomic mass is 79.9. The zero-order valence-corrected chi connectivity index (χ0v) is 14.9. The molecule has 1 saturated heterocycles. The molecule has 0 spiro atoms. The zero-order chi connectivity index (χ0) is 15.8. The lowest BCUT2D eigenvalue weighted by atomic mass is 10.1. The van der Waals surface area contributed by atoms with Crippen molar-refractivity contribution < 1.29 is 4.79 Å². The molecule has 4 nitrogen and oxygen atoms in total. The molecule has 0 aliphatic carbocycles. The molecule has 0 unspecified atom stereocenters. The number of aryl methyl sites for hydroxylation is 1. The van der Waals surface area contributed by atoms with E-state index in [1.54, 1.807) is 0 Å². The molecule has 0 atom stereocenters. The zero-order valence-electron chi connectivity index (χ0n) is 13.4. The molecule has 1 N–H and O–H groups in total. The fraction of sp³-hybridized carbons (Fsp3) is 0.588. The molecule has 1 fully saturated rings. The van der Waals surface area contributed by atoms with Crippen molar-refractivity contribution in [3.63, 3.8) is 0 Å². The van der Waals surface area contributed by atoms with Crippen molar-refractivity contribution in [2.24, 2.45) is 0 Å². The van der Waals surface area contributed by atoms with E-state index in [-0.39, 0.29) is 5.91 Å². The van der Waals surface area contributed by atoms with Gasteiger partial charge in [-0.1, -0.05) is 28.1 Å². The Kier molecular flexibility index (Phi) is 7.36. The predicted molar refractivity (Wildman–Crippen MR) is 94.0 cm³/mol. The van der Waals surface area contributed by atoms with Crippen molar-refractivity contribution in [2.75, 3.05) is 46.3 Å². The first-order valence-electron chi connectivity index (χ1n) is 8.05. The minimum Gasteiger partial charge on any atom is -0.356 e. The third-order valence-electron chi connectivity index (χ3n) is 4.10. The second-order valence-corrected chi connectivity index (χ2v) is 6.89. The van der Waals surface area contributed by atoms with Crippen molar-refractivity contribution in [3.8, 4) is 0 Å². The van der Waals surface area contributed by atoms with Crippen LogP contribution >= 0.6 is 15.9 Å². The number of rotatable bonds is 7. The van der Waals surface area contributed by atoms with Gasteiger partial charge in [0.2, 0.25) is 5.91 Å². The van der Waals surface area contributed by atoms with Gasteiger partial charge in [-0.25, -0.2) is 0 Å². The Morgan fingerprint density at radius 1 is 1.27 bits per heavy atom. The number of nitrogens with zero attached hydrogens (tertiary/aromatic N) is 2. The van der Waals surface area contributed by atoms with Crippen LogP contribution in [0.3, 0.4) is 0 Å². The molecule has 2 rings (SSSR count). The molecule has 1 aromatic carbocycles. The monoisotopic (exact) mass is 367 g/mol. The minimum atomic E-state index is 0.151. The number of hydrogen-bond acceptors (Lipinski definition) is 3. The fourth-order valence-corrected chi connectivity index (χ4v) is 3.09. The topological polar surface area (TPSA) is 35.6 Å². The van der Waals surface area contributed by atoms with Gasteiger partial charge in [-0.3, -0.25) is 4.79 Å². The quantitative estimate of drug-likeness (QED) is 0.749. The second kappa shape index (κ2) is 9.28. The van der Waals surface area contributed by atoms with Gasteiger partial charge < -0.3 is 15.1 Å². The van der Waals surface area contributed by atoms with E-state index < -0.39 is 0 Å². The number of carbonyl (C=O) groups excluding carboxylic acids is 1. The van der Waals surface area contributed by atoms with Crippen molar-refractivity contribution in [3.05, 3.63) is 34.3 Å². The lowest BCUT2D eigenvalue weighted by Crippen LogP contribution is -2.45. The average Bonchev–Trinajstić information content (AvgIpc) is 2.51. The van der Waals surface area contributed by atoms with Gasteiger partial charge in [0.25, 0.3) is 0 Å². The van der Waals surface area contributed by atoms with Crippen LogP contribution in [0, 0.1) is 0 Å². The highest BCUT2D eigenvalue weighted by Gasteiger charge is 2.12. The maximum absolute atomic E-state index is 11.9. The summed E-state index contributed by atoms with van der Waals surface area (Å²) < 4.78 is 1.07. The SMILES string of the molecule is CN1CCN(CCCNC(=O)CCc2cccc(Br)c2)CC1. The number of likely N-dealkylation sites (N-methyl/N-ethyl adjacent to an activating group) is 1. The first kappa shape index (κ1) is 17.4. The largest absolute Gasteiger partial charge is 0.356 e. The first-order chi connectivity index (χ1) is 10.6. The van der Waals surface area contributed by atoms with E-state index in [1.165, 1.54) is 5.56 Å². The van der Waals surface area contributed by atoms with Crippen LogP contribution < -0.4 is 5.32 Å². The van der Waals surface area contributed by atoms with Crippen molar-refractivity contribution in [1.29, 1.82) is 0 Å². The number of hydrogen-bond donors (Lipinski definition) is 1. The van der Waals surface area contributed by atoms with E-state index in [0.29, 0.717) is 6.42 Å². The van der Waals surface area contributed by atoms with E-state index in [1.807, 2.05) is 12.1 Å². The number of piperazine rings is 1. The first-order valence-corrected chi connectivity index (χ1v) is 8.85. The van der Waals surface area contributed by atoms with E-state index >= 15 is 0 Å². The van der Waals surface area contributed by atoms with E-state index in [4.69, 9.17) is 0 Å². The maximum Gasteiger partial charge on any atom is 0.220 e. The standard InChI is InChI=1S/C17H26BrN3O/c1-20-10-12-21(13-11-20)9-3-8-19-17(22)7-6-15-4-2-5-16(18)14-15/h2,4-5,14H,3,6-13H2,1H3,(H,19,22). The summed E-state index contributed by atoms with van der Waals surface area (Å²) in [5.41, 5.74) is 1.20. The Bertz CT molecular complexity index is 473. The third kappa shape index (κ3) is 6.46. The van der Waals surface area contributed by atoms with Crippen LogP contribution in [-0.4, -0.2) is 62.0 Å². The smallest absolute Gasteiger partial charge is 0.220 e. The Balaban J connectivity index is 1.54. The minimum absolute atomic E-state index is 0.151. The van der Waals surface area contributed by atoms with E-state index in [2.05, 4.69) is 50.2 Å². The number of amides is 1. The third-order valence-corrected chi connectivity index (χ3v) is 4.59. The van der Waals surface area contributed by atoms with Crippen LogP contribution in [0.2, 0.25) is 0 Å². The summed E-state index contributed by atoms with van der Waals surface area (Å²) in [5, 5.41) is 3.03. The molecule has 1 heterocycles.